The highest BCUT2D eigenvalue weighted by Crippen LogP contribution is 2.00. The van der Waals surface area contributed by atoms with Crippen LogP contribution in [0.5, 0.6) is 0 Å². The molecular formula is C8H13N5O. The molecule has 0 aliphatic rings. The summed E-state index contributed by atoms with van der Waals surface area (Å²) >= 11 is 0. The average molecular weight is 195 g/mol. The lowest BCUT2D eigenvalue weighted by molar-refractivity contribution is 0.0850. The molecule has 14 heavy (non-hydrogen) atoms. The molecule has 76 valence electrons. The fraction of sp³-hybridized carbons (Fsp3) is 0.375. The lowest BCUT2D eigenvalue weighted by Crippen LogP contribution is -2.36. The minimum absolute atomic E-state index is 0.273. The molecule has 0 bridgehead atoms. The molecule has 0 radical (unpaired) electrons. The van der Waals surface area contributed by atoms with Crippen LogP contribution >= 0.6 is 0 Å². The van der Waals surface area contributed by atoms with Crippen molar-refractivity contribution in [3.8, 4) is 0 Å². The van der Waals surface area contributed by atoms with Crippen molar-refractivity contribution in [2.75, 3.05) is 26.5 Å². The predicted octanol–water partition coefficient (Wildman–Crippen LogP) is -0.275. The molecule has 6 nitrogen and oxygen atoms in total. The van der Waals surface area contributed by atoms with Gasteiger partial charge in [-0.1, -0.05) is 0 Å². The Morgan fingerprint density at radius 1 is 1.36 bits per heavy atom. The first-order valence-corrected chi connectivity index (χ1v) is 4.13. The molecular weight excluding hydrogens is 182 g/mol. The van der Waals surface area contributed by atoms with Gasteiger partial charge in [-0.25, -0.2) is 5.01 Å². The Morgan fingerprint density at radius 3 is 2.50 bits per heavy atom. The van der Waals surface area contributed by atoms with Crippen LogP contribution in [-0.4, -0.2) is 42.3 Å². The lowest BCUT2D eigenvalue weighted by Gasteiger charge is -2.10. The fourth-order valence-electron chi connectivity index (χ4n) is 0.847. The highest BCUT2D eigenvalue weighted by atomic mass is 16.2. The number of nitrogens with one attached hydrogen (secondary N) is 2. The van der Waals surface area contributed by atoms with Gasteiger partial charge in [0.05, 0.1) is 0 Å². The summed E-state index contributed by atoms with van der Waals surface area (Å²) in [5.74, 6) is 0.358. The van der Waals surface area contributed by atoms with Crippen LogP contribution in [0.1, 0.15) is 10.5 Å². The Hall–Kier alpha value is -1.69. The third kappa shape index (κ3) is 2.67. The van der Waals surface area contributed by atoms with E-state index < -0.39 is 0 Å². The van der Waals surface area contributed by atoms with E-state index in [0.29, 0.717) is 5.82 Å². The van der Waals surface area contributed by atoms with Crippen molar-refractivity contribution in [1.29, 1.82) is 0 Å². The summed E-state index contributed by atoms with van der Waals surface area (Å²) in [5.41, 5.74) is 2.86. The van der Waals surface area contributed by atoms with Gasteiger partial charge in [0.2, 0.25) is 0 Å². The first kappa shape index (κ1) is 10.4. The fourth-order valence-corrected chi connectivity index (χ4v) is 0.847. The Balaban J connectivity index is 2.71. The zero-order chi connectivity index (χ0) is 10.6. The minimum Gasteiger partial charge on any atom is -0.372 e. The molecule has 2 N–H and O–H groups in total. The van der Waals surface area contributed by atoms with Gasteiger partial charge in [0.1, 0.15) is 5.82 Å². The average Bonchev–Trinajstić information content (AvgIpc) is 2.17. The summed E-state index contributed by atoms with van der Waals surface area (Å²) in [6.07, 6.45) is 0. The molecule has 1 amide bonds. The number of hydrogen-bond acceptors (Lipinski definition) is 5. The van der Waals surface area contributed by atoms with Crippen LogP contribution in [0.2, 0.25) is 0 Å². The third-order valence-corrected chi connectivity index (χ3v) is 1.48. The van der Waals surface area contributed by atoms with Gasteiger partial charge in [0.15, 0.2) is 5.69 Å². The smallest absolute Gasteiger partial charge is 0.286 e. The molecule has 0 unspecified atom stereocenters. The van der Waals surface area contributed by atoms with Crippen LogP contribution in [0.4, 0.5) is 5.82 Å². The first-order valence-electron chi connectivity index (χ1n) is 4.13. The number of anilines is 1. The zero-order valence-electron chi connectivity index (χ0n) is 8.40. The largest absolute Gasteiger partial charge is 0.372 e. The molecule has 1 heterocycles. The highest BCUT2D eigenvalue weighted by Gasteiger charge is 2.07. The summed E-state index contributed by atoms with van der Waals surface area (Å²) < 4.78 is 0. The molecule has 0 fully saturated rings. The first-order chi connectivity index (χ1) is 6.63. The van der Waals surface area contributed by atoms with E-state index in [1.807, 2.05) is 0 Å². The van der Waals surface area contributed by atoms with E-state index in [1.165, 1.54) is 0 Å². The highest BCUT2D eigenvalue weighted by molar-refractivity contribution is 5.91. The number of rotatable bonds is 3. The number of hydrogen-bond donors (Lipinski definition) is 2. The van der Waals surface area contributed by atoms with Crippen LogP contribution in [0, 0.1) is 0 Å². The predicted molar refractivity (Wildman–Crippen MR) is 52.7 cm³/mol. The topological polar surface area (TPSA) is 70.2 Å². The molecule has 1 rings (SSSR count). The molecule has 0 saturated carbocycles. The van der Waals surface area contributed by atoms with E-state index >= 15 is 0 Å². The van der Waals surface area contributed by atoms with Crippen LogP contribution in [0.15, 0.2) is 12.1 Å². The SMILES string of the molecule is CNc1ccc(C(=O)NN(C)C)nn1. The summed E-state index contributed by atoms with van der Waals surface area (Å²) in [7, 11) is 5.20. The van der Waals surface area contributed by atoms with Crippen LogP contribution in [0.3, 0.4) is 0 Å². The van der Waals surface area contributed by atoms with Crippen LogP contribution < -0.4 is 10.7 Å². The third-order valence-electron chi connectivity index (χ3n) is 1.48. The maximum atomic E-state index is 11.4. The zero-order valence-corrected chi connectivity index (χ0v) is 8.40. The number of amides is 1. The molecule has 0 saturated heterocycles. The molecule has 0 aromatic carbocycles. The summed E-state index contributed by atoms with van der Waals surface area (Å²) in [4.78, 5) is 11.4. The van der Waals surface area contributed by atoms with E-state index in [2.05, 4.69) is 20.9 Å². The van der Waals surface area contributed by atoms with Crippen molar-refractivity contribution in [3.63, 3.8) is 0 Å². The second kappa shape index (κ2) is 4.52. The normalized spacial score (nSPS) is 10.0. The molecule has 0 aliphatic carbocycles. The van der Waals surface area contributed by atoms with E-state index in [9.17, 15) is 4.79 Å². The van der Waals surface area contributed by atoms with Gasteiger partial charge in [-0.15, -0.1) is 10.2 Å². The second-order valence-corrected chi connectivity index (χ2v) is 2.89. The number of aromatic nitrogens is 2. The maximum Gasteiger partial charge on any atom is 0.286 e. The van der Waals surface area contributed by atoms with E-state index in [0.717, 1.165) is 0 Å². The summed E-state index contributed by atoms with van der Waals surface area (Å²) in [5, 5.41) is 11.9. The molecule has 1 aromatic heterocycles. The summed E-state index contributed by atoms with van der Waals surface area (Å²) in [6.45, 7) is 0. The minimum atomic E-state index is -0.273. The molecule has 0 atom stereocenters. The number of hydrazine groups is 1. The quantitative estimate of drug-likeness (QED) is 0.649. The van der Waals surface area contributed by atoms with Crippen molar-refractivity contribution in [2.45, 2.75) is 0 Å². The van der Waals surface area contributed by atoms with E-state index in [4.69, 9.17) is 0 Å². The van der Waals surface area contributed by atoms with Gasteiger partial charge in [-0.05, 0) is 12.1 Å². The van der Waals surface area contributed by atoms with Gasteiger partial charge in [0, 0.05) is 21.1 Å². The van der Waals surface area contributed by atoms with Crippen molar-refractivity contribution in [1.82, 2.24) is 20.6 Å². The van der Waals surface area contributed by atoms with E-state index in [-0.39, 0.29) is 11.6 Å². The van der Waals surface area contributed by atoms with Crippen molar-refractivity contribution in [3.05, 3.63) is 17.8 Å². The summed E-state index contributed by atoms with van der Waals surface area (Å²) in [6, 6.07) is 3.30. The van der Waals surface area contributed by atoms with Crippen molar-refractivity contribution in [2.24, 2.45) is 0 Å². The van der Waals surface area contributed by atoms with Crippen molar-refractivity contribution < 1.29 is 4.79 Å². The van der Waals surface area contributed by atoms with Gasteiger partial charge in [0.25, 0.3) is 5.91 Å². The standard InChI is InChI=1S/C8H13N5O/c1-9-7-5-4-6(10-11-7)8(14)12-13(2)3/h4-5H,1-3H3,(H,9,11)(H,12,14). The van der Waals surface area contributed by atoms with E-state index in [1.54, 1.807) is 38.3 Å². The number of carbonyl (C=O) groups excluding carboxylic acids is 1. The molecule has 0 spiro atoms. The Morgan fingerprint density at radius 2 is 2.07 bits per heavy atom. The van der Waals surface area contributed by atoms with Gasteiger partial charge >= 0.3 is 0 Å². The maximum absolute atomic E-state index is 11.4. The van der Waals surface area contributed by atoms with Gasteiger partial charge in [-0.2, -0.15) is 0 Å². The molecule has 6 heteroatoms. The lowest BCUT2D eigenvalue weighted by atomic mass is 10.4. The Bertz CT molecular complexity index is 308. The molecule has 0 aliphatic heterocycles. The molecule has 1 aromatic rings. The van der Waals surface area contributed by atoms with Gasteiger partial charge in [-0.3, -0.25) is 10.2 Å². The second-order valence-electron chi connectivity index (χ2n) is 2.89. The van der Waals surface area contributed by atoms with Crippen molar-refractivity contribution >= 4 is 11.7 Å². The van der Waals surface area contributed by atoms with Gasteiger partial charge < -0.3 is 5.32 Å². The Labute approximate surface area is 82.3 Å². The van der Waals surface area contributed by atoms with Crippen LogP contribution in [-0.2, 0) is 0 Å². The number of carbonyl (C=O) groups is 1. The monoisotopic (exact) mass is 195 g/mol. The number of nitrogens with zero attached hydrogens (tertiary/aromatic N) is 3. The van der Waals surface area contributed by atoms with Crippen LogP contribution in [0.25, 0.3) is 0 Å². The Kier molecular flexibility index (Phi) is 3.35.